The average molecular weight is 323 g/mol. The van der Waals surface area contributed by atoms with Crippen LogP contribution in [0.3, 0.4) is 0 Å². The Kier molecular flexibility index (Phi) is 4.56. The minimum absolute atomic E-state index is 0.0819. The highest BCUT2D eigenvalue weighted by Crippen LogP contribution is 2.20. The Morgan fingerprint density at radius 1 is 1.12 bits per heavy atom. The first-order chi connectivity index (χ1) is 11.6. The molecule has 0 bridgehead atoms. The number of hydrogen-bond donors (Lipinski definition) is 1. The van der Waals surface area contributed by atoms with Crippen molar-refractivity contribution >= 4 is 11.6 Å². The molecule has 6 nitrogen and oxygen atoms in total. The first-order valence-electron chi connectivity index (χ1n) is 7.47. The largest absolute Gasteiger partial charge is 0.497 e. The maximum absolute atomic E-state index is 12.1. The molecule has 2 aromatic carbocycles. The summed E-state index contributed by atoms with van der Waals surface area (Å²) in [6.07, 6.45) is 0.300. The standard InChI is InChI=1S/C18H17N3O3/c1-12-19-18(24-21-12)14-5-7-15(8-6-14)20-17(22)11-13-3-9-16(23-2)10-4-13/h3-10H,11H2,1-2H3,(H,20,22). The fraction of sp³-hybridized carbons (Fsp3) is 0.167. The summed E-state index contributed by atoms with van der Waals surface area (Å²) in [5.74, 6) is 1.73. The van der Waals surface area contributed by atoms with Crippen molar-refractivity contribution in [2.75, 3.05) is 12.4 Å². The number of aromatic nitrogens is 2. The number of nitrogens with one attached hydrogen (secondary N) is 1. The predicted molar refractivity (Wildman–Crippen MR) is 89.8 cm³/mol. The van der Waals surface area contributed by atoms with Crippen molar-refractivity contribution in [1.29, 1.82) is 0 Å². The zero-order valence-corrected chi connectivity index (χ0v) is 13.4. The van der Waals surface area contributed by atoms with Gasteiger partial charge in [-0.15, -0.1) is 0 Å². The molecule has 122 valence electrons. The Bertz CT molecular complexity index is 823. The van der Waals surface area contributed by atoms with Crippen LogP contribution in [0.1, 0.15) is 11.4 Å². The average Bonchev–Trinajstić information content (AvgIpc) is 3.02. The molecule has 1 amide bonds. The minimum Gasteiger partial charge on any atom is -0.497 e. The van der Waals surface area contributed by atoms with Gasteiger partial charge in [-0.2, -0.15) is 4.98 Å². The highest BCUT2D eigenvalue weighted by Gasteiger charge is 2.08. The molecule has 3 rings (SSSR count). The second kappa shape index (κ2) is 6.95. The van der Waals surface area contributed by atoms with Crippen LogP contribution in [-0.2, 0) is 11.2 Å². The van der Waals surface area contributed by atoms with E-state index in [2.05, 4.69) is 15.5 Å². The molecule has 0 saturated heterocycles. The van der Waals surface area contributed by atoms with Gasteiger partial charge >= 0.3 is 0 Å². The van der Waals surface area contributed by atoms with Gasteiger partial charge in [-0.3, -0.25) is 4.79 Å². The summed E-state index contributed by atoms with van der Waals surface area (Å²) in [6, 6.07) is 14.7. The van der Waals surface area contributed by atoms with Crippen molar-refractivity contribution in [2.45, 2.75) is 13.3 Å². The van der Waals surface area contributed by atoms with E-state index in [-0.39, 0.29) is 5.91 Å². The molecular weight excluding hydrogens is 306 g/mol. The molecular formula is C18H17N3O3. The summed E-state index contributed by atoms with van der Waals surface area (Å²) in [6.45, 7) is 1.76. The molecule has 0 fully saturated rings. The molecule has 6 heteroatoms. The van der Waals surface area contributed by atoms with Crippen LogP contribution >= 0.6 is 0 Å². The van der Waals surface area contributed by atoms with Gasteiger partial charge in [0.1, 0.15) is 5.75 Å². The topological polar surface area (TPSA) is 77.2 Å². The normalized spacial score (nSPS) is 10.4. The molecule has 1 aromatic heterocycles. The molecule has 24 heavy (non-hydrogen) atoms. The van der Waals surface area contributed by atoms with Gasteiger partial charge < -0.3 is 14.6 Å². The Labute approximate surface area is 139 Å². The van der Waals surface area contributed by atoms with Crippen LogP contribution in [0.5, 0.6) is 5.75 Å². The second-order valence-electron chi connectivity index (χ2n) is 5.30. The highest BCUT2D eigenvalue weighted by atomic mass is 16.5. The van der Waals surface area contributed by atoms with E-state index in [9.17, 15) is 4.79 Å². The van der Waals surface area contributed by atoms with Crippen LogP contribution in [0.2, 0.25) is 0 Å². The third-order valence-corrected chi connectivity index (χ3v) is 3.47. The van der Waals surface area contributed by atoms with Crippen molar-refractivity contribution in [2.24, 2.45) is 0 Å². The molecule has 0 aliphatic carbocycles. The fourth-order valence-corrected chi connectivity index (χ4v) is 2.24. The van der Waals surface area contributed by atoms with Crippen LogP contribution in [-0.4, -0.2) is 23.2 Å². The first kappa shape index (κ1) is 15.7. The number of carbonyl (C=O) groups excluding carboxylic acids is 1. The summed E-state index contributed by atoms with van der Waals surface area (Å²) < 4.78 is 10.2. The number of nitrogens with zero attached hydrogens (tertiary/aromatic N) is 2. The van der Waals surface area contributed by atoms with Crippen molar-refractivity contribution in [1.82, 2.24) is 10.1 Å². The number of anilines is 1. The Hall–Kier alpha value is -3.15. The van der Waals surface area contributed by atoms with E-state index >= 15 is 0 Å². The SMILES string of the molecule is COc1ccc(CC(=O)Nc2ccc(-c3nc(C)no3)cc2)cc1. The molecule has 0 atom stereocenters. The van der Waals surface area contributed by atoms with E-state index in [1.165, 1.54) is 0 Å². The zero-order valence-electron chi connectivity index (χ0n) is 13.4. The number of aryl methyl sites for hydroxylation is 1. The number of benzene rings is 2. The highest BCUT2D eigenvalue weighted by molar-refractivity contribution is 5.92. The van der Waals surface area contributed by atoms with E-state index in [1.807, 2.05) is 36.4 Å². The number of carbonyl (C=O) groups is 1. The van der Waals surface area contributed by atoms with Gasteiger partial charge in [0.25, 0.3) is 5.89 Å². The number of hydrogen-bond acceptors (Lipinski definition) is 5. The van der Waals surface area contributed by atoms with Gasteiger partial charge in [0, 0.05) is 11.3 Å². The van der Waals surface area contributed by atoms with Crippen molar-refractivity contribution in [3.63, 3.8) is 0 Å². The van der Waals surface area contributed by atoms with E-state index in [0.29, 0.717) is 23.8 Å². The molecule has 0 aliphatic rings. The Morgan fingerprint density at radius 2 is 1.83 bits per heavy atom. The van der Waals surface area contributed by atoms with Crippen LogP contribution in [0, 0.1) is 6.92 Å². The summed E-state index contributed by atoms with van der Waals surface area (Å²) in [5, 5.41) is 6.62. The number of amides is 1. The lowest BCUT2D eigenvalue weighted by Crippen LogP contribution is -2.14. The maximum atomic E-state index is 12.1. The minimum atomic E-state index is -0.0819. The molecule has 3 aromatic rings. The van der Waals surface area contributed by atoms with Gasteiger partial charge in [0.05, 0.1) is 13.5 Å². The van der Waals surface area contributed by atoms with Gasteiger partial charge in [0.15, 0.2) is 5.82 Å². The second-order valence-corrected chi connectivity index (χ2v) is 5.30. The van der Waals surface area contributed by atoms with Crippen LogP contribution in [0.25, 0.3) is 11.5 Å². The van der Waals surface area contributed by atoms with Gasteiger partial charge in [-0.25, -0.2) is 0 Å². The van der Waals surface area contributed by atoms with Crippen LogP contribution in [0.15, 0.2) is 53.1 Å². The lowest BCUT2D eigenvalue weighted by molar-refractivity contribution is -0.115. The van der Waals surface area contributed by atoms with Crippen LogP contribution in [0.4, 0.5) is 5.69 Å². The molecule has 0 aliphatic heterocycles. The smallest absolute Gasteiger partial charge is 0.257 e. The van der Waals surface area contributed by atoms with Gasteiger partial charge in [-0.1, -0.05) is 17.3 Å². The number of methoxy groups -OCH3 is 1. The van der Waals surface area contributed by atoms with E-state index < -0.39 is 0 Å². The van der Waals surface area contributed by atoms with E-state index in [1.54, 1.807) is 26.2 Å². The Morgan fingerprint density at radius 3 is 2.42 bits per heavy atom. The molecule has 0 saturated carbocycles. The van der Waals surface area contributed by atoms with E-state index in [4.69, 9.17) is 9.26 Å². The van der Waals surface area contributed by atoms with Gasteiger partial charge in [0.2, 0.25) is 5.91 Å². The van der Waals surface area contributed by atoms with Crippen molar-refractivity contribution in [3.8, 4) is 17.2 Å². The molecule has 1 heterocycles. The number of rotatable bonds is 5. The van der Waals surface area contributed by atoms with Crippen molar-refractivity contribution < 1.29 is 14.1 Å². The monoisotopic (exact) mass is 323 g/mol. The van der Waals surface area contributed by atoms with Crippen LogP contribution < -0.4 is 10.1 Å². The summed E-state index contributed by atoms with van der Waals surface area (Å²) in [4.78, 5) is 16.3. The van der Waals surface area contributed by atoms with Gasteiger partial charge in [-0.05, 0) is 48.9 Å². The van der Waals surface area contributed by atoms with E-state index in [0.717, 1.165) is 16.9 Å². The summed E-state index contributed by atoms with van der Waals surface area (Å²) in [5.41, 5.74) is 2.45. The quantitative estimate of drug-likeness (QED) is 0.780. The molecule has 0 spiro atoms. The summed E-state index contributed by atoms with van der Waals surface area (Å²) >= 11 is 0. The third-order valence-electron chi connectivity index (χ3n) is 3.47. The summed E-state index contributed by atoms with van der Waals surface area (Å²) in [7, 11) is 1.61. The lowest BCUT2D eigenvalue weighted by Gasteiger charge is -2.06. The number of ether oxygens (including phenoxy) is 1. The third kappa shape index (κ3) is 3.78. The predicted octanol–water partition coefficient (Wildman–Crippen LogP) is 3.23. The molecule has 1 N–H and O–H groups in total. The molecule has 0 unspecified atom stereocenters. The maximum Gasteiger partial charge on any atom is 0.257 e. The molecule has 0 radical (unpaired) electrons. The zero-order chi connectivity index (χ0) is 16.9. The first-order valence-corrected chi connectivity index (χ1v) is 7.47. The lowest BCUT2D eigenvalue weighted by atomic mass is 10.1. The van der Waals surface area contributed by atoms with Crippen molar-refractivity contribution in [3.05, 3.63) is 59.9 Å². The Balaban J connectivity index is 1.61. The fourth-order valence-electron chi connectivity index (χ4n) is 2.24.